The highest BCUT2D eigenvalue weighted by Gasteiger charge is 2.21. The third-order valence-corrected chi connectivity index (χ3v) is 2.70. The molecule has 6 nitrogen and oxygen atoms in total. The molecule has 1 aromatic heterocycles. The van der Waals surface area contributed by atoms with Crippen LogP contribution in [0.5, 0.6) is 0 Å². The number of nitro benzene ring substituents is 1. The molecule has 0 spiro atoms. The monoisotopic (exact) mass is 260 g/mol. The average Bonchev–Trinajstić information content (AvgIpc) is 2.88. The minimum atomic E-state index is -0.540. The number of carbonyl (C=O) groups excluding carboxylic acids is 1. The highest BCUT2D eigenvalue weighted by molar-refractivity contribution is 5.98. The first kappa shape index (κ1) is 12.8. The van der Waals surface area contributed by atoms with Crippen molar-refractivity contribution < 1.29 is 14.1 Å². The Morgan fingerprint density at radius 2 is 2.21 bits per heavy atom. The van der Waals surface area contributed by atoms with Crippen molar-refractivity contribution >= 4 is 11.6 Å². The van der Waals surface area contributed by atoms with E-state index in [9.17, 15) is 14.9 Å². The molecule has 0 aliphatic carbocycles. The summed E-state index contributed by atoms with van der Waals surface area (Å²) in [5.74, 6) is -0.475. The maximum Gasteiger partial charge on any atom is 0.285 e. The van der Waals surface area contributed by atoms with Crippen molar-refractivity contribution in [2.45, 2.75) is 13.5 Å². The predicted molar refractivity (Wildman–Crippen MR) is 67.7 cm³/mol. The summed E-state index contributed by atoms with van der Waals surface area (Å²) in [6.07, 6.45) is 3.00. The number of aryl methyl sites for hydroxylation is 1. The van der Waals surface area contributed by atoms with Gasteiger partial charge in [0.2, 0.25) is 0 Å². The highest BCUT2D eigenvalue weighted by atomic mass is 16.6. The molecule has 0 unspecified atom stereocenters. The van der Waals surface area contributed by atoms with Crippen LogP contribution in [0.4, 0.5) is 5.69 Å². The van der Waals surface area contributed by atoms with E-state index in [1.165, 1.54) is 18.6 Å². The number of nitrogens with one attached hydrogen (secondary N) is 1. The lowest BCUT2D eigenvalue weighted by Gasteiger charge is -2.06. The Bertz CT molecular complexity index is 605. The van der Waals surface area contributed by atoms with Crippen molar-refractivity contribution in [3.63, 3.8) is 0 Å². The number of amides is 1. The third-order valence-electron chi connectivity index (χ3n) is 2.70. The quantitative estimate of drug-likeness (QED) is 0.675. The first-order valence-corrected chi connectivity index (χ1v) is 5.63. The maximum atomic E-state index is 12.0. The normalized spacial score (nSPS) is 10.2. The molecule has 0 bridgehead atoms. The number of carbonyl (C=O) groups is 1. The molecular formula is C13H12N2O4. The van der Waals surface area contributed by atoms with Gasteiger partial charge in [0.05, 0.1) is 17.4 Å². The molecule has 1 amide bonds. The Labute approximate surface area is 109 Å². The van der Waals surface area contributed by atoms with Gasteiger partial charge in [-0.25, -0.2) is 0 Å². The average molecular weight is 260 g/mol. The van der Waals surface area contributed by atoms with E-state index >= 15 is 0 Å². The molecule has 6 heteroatoms. The first-order valence-electron chi connectivity index (χ1n) is 5.63. The van der Waals surface area contributed by atoms with Crippen LogP contribution in [-0.2, 0) is 6.54 Å². The standard InChI is InChI=1S/C13H12N2O4/c1-9-3-2-4-11(12(9)15(17)18)13(16)14-7-10-5-6-19-8-10/h2-6,8H,7H2,1H3,(H,14,16). The van der Waals surface area contributed by atoms with Gasteiger partial charge in [0.15, 0.2) is 0 Å². The van der Waals surface area contributed by atoms with Crippen molar-refractivity contribution in [1.29, 1.82) is 0 Å². The van der Waals surface area contributed by atoms with E-state index in [0.29, 0.717) is 5.56 Å². The first-order chi connectivity index (χ1) is 9.09. The van der Waals surface area contributed by atoms with Crippen LogP contribution in [-0.4, -0.2) is 10.8 Å². The lowest BCUT2D eigenvalue weighted by atomic mass is 10.1. The minimum Gasteiger partial charge on any atom is -0.472 e. The fraction of sp³-hybridized carbons (Fsp3) is 0.154. The van der Waals surface area contributed by atoms with Crippen LogP contribution in [0.15, 0.2) is 41.2 Å². The van der Waals surface area contributed by atoms with Crippen LogP contribution in [0, 0.1) is 17.0 Å². The third kappa shape index (κ3) is 2.79. The lowest BCUT2D eigenvalue weighted by Crippen LogP contribution is -2.23. The van der Waals surface area contributed by atoms with E-state index in [1.54, 1.807) is 25.1 Å². The second-order valence-electron chi connectivity index (χ2n) is 4.04. The molecule has 0 atom stereocenters. The number of rotatable bonds is 4. The smallest absolute Gasteiger partial charge is 0.285 e. The molecule has 2 aromatic rings. The van der Waals surface area contributed by atoms with Crippen molar-refractivity contribution in [2.24, 2.45) is 0 Å². The molecule has 1 heterocycles. The fourth-order valence-electron chi connectivity index (χ4n) is 1.76. The number of hydrogen-bond donors (Lipinski definition) is 1. The van der Waals surface area contributed by atoms with Gasteiger partial charge in [0.1, 0.15) is 5.56 Å². The van der Waals surface area contributed by atoms with Gasteiger partial charge in [-0.15, -0.1) is 0 Å². The van der Waals surface area contributed by atoms with Crippen LogP contribution in [0.1, 0.15) is 21.5 Å². The zero-order valence-electron chi connectivity index (χ0n) is 10.3. The Morgan fingerprint density at radius 3 is 2.84 bits per heavy atom. The minimum absolute atomic E-state index is 0.0634. The molecule has 98 valence electrons. The summed E-state index contributed by atoms with van der Waals surface area (Å²) in [6.45, 7) is 1.87. The largest absolute Gasteiger partial charge is 0.472 e. The van der Waals surface area contributed by atoms with Gasteiger partial charge in [-0.1, -0.05) is 12.1 Å². The highest BCUT2D eigenvalue weighted by Crippen LogP contribution is 2.22. The molecule has 0 saturated heterocycles. The van der Waals surface area contributed by atoms with E-state index < -0.39 is 10.8 Å². The molecular weight excluding hydrogens is 248 g/mol. The SMILES string of the molecule is Cc1cccc(C(=O)NCc2ccoc2)c1[N+](=O)[O-]. The summed E-state index contributed by atoms with van der Waals surface area (Å²) < 4.78 is 4.87. The van der Waals surface area contributed by atoms with Gasteiger partial charge in [-0.2, -0.15) is 0 Å². The number of nitro groups is 1. The van der Waals surface area contributed by atoms with E-state index in [4.69, 9.17) is 4.42 Å². The van der Waals surface area contributed by atoms with Crippen LogP contribution >= 0.6 is 0 Å². The van der Waals surface area contributed by atoms with Crippen LogP contribution in [0.25, 0.3) is 0 Å². The summed E-state index contributed by atoms with van der Waals surface area (Å²) in [5.41, 5.74) is 1.16. The van der Waals surface area contributed by atoms with Crippen molar-refractivity contribution in [1.82, 2.24) is 5.32 Å². The van der Waals surface area contributed by atoms with Crippen molar-refractivity contribution in [3.8, 4) is 0 Å². The number of hydrogen-bond acceptors (Lipinski definition) is 4. The topological polar surface area (TPSA) is 85.4 Å². The molecule has 1 N–H and O–H groups in total. The van der Waals surface area contributed by atoms with E-state index in [1.807, 2.05) is 0 Å². The zero-order valence-corrected chi connectivity index (χ0v) is 10.3. The molecule has 0 aliphatic rings. The number of furan rings is 1. The Morgan fingerprint density at radius 1 is 1.42 bits per heavy atom. The summed E-state index contributed by atoms with van der Waals surface area (Å²) in [5, 5.41) is 13.6. The number of benzene rings is 1. The molecule has 0 saturated carbocycles. The number of para-hydroxylation sites is 1. The summed E-state index contributed by atoms with van der Waals surface area (Å²) in [4.78, 5) is 22.4. The molecule has 0 fully saturated rings. The van der Waals surface area contributed by atoms with Gasteiger partial charge in [0.25, 0.3) is 11.6 Å². The molecule has 19 heavy (non-hydrogen) atoms. The zero-order chi connectivity index (χ0) is 13.8. The van der Waals surface area contributed by atoms with Gasteiger partial charge in [-0.3, -0.25) is 14.9 Å². The van der Waals surface area contributed by atoms with E-state index in [0.717, 1.165) is 5.56 Å². The second kappa shape index (κ2) is 5.34. The molecule has 0 radical (unpaired) electrons. The van der Waals surface area contributed by atoms with Crippen LogP contribution in [0.2, 0.25) is 0 Å². The maximum absolute atomic E-state index is 12.0. The Kier molecular flexibility index (Phi) is 3.61. The molecule has 1 aromatic carbocycles. The van der Waals surface area contributed by atoms with Crippen molar-refractivity contribution in [3.05, 3.63) is 63.6 Å². The fourth-order valence-corrected chi connectivity index (χ4v) is 1.76. The number of nitrogens with zero attached hydrogens (tertiary/aromatic N) is 1. The predicted octanol–water partition coefficient (Wildman–Crippen LogP) is 2.43. The van der Waals surface area contributed by atoms with Crippen LogP contribution < -0.4 is 5.32 Å². The van der Waals surface area contributed by atoms with Gasteiger partial charge in [0, 0.05) is 17.7 Å². The Balaban J connectivity index is 2.19. The summed E-state index contributed by atoms with van der Waals surface area (Å²) in [6, 6.07) is 6.38. The van der Waals surface area contributed by atoms with E-state index in [2.05, 4.69) is 5.32 Å². The van der Waals surface area contributed by atoms with Crippen molar-refractivity contribution in [2.75, 3.05) is 0 Å². The second-order valence-corrected chi connectivity index (χ2v) is 4.04. The van der Waals surface area contributed by atoms with Gasteiger partial charge >= 0.3 is 0 Å². The Hall–Kier alpha value is -2.63. The van der Waals surface area contributed by atoms with Gasteiger partial charge < -0.3 is 9.73 Å². The van der Waals surface area contributed by atoms with E-state index in [-0.39, 0.29) is 17.8 Å². The summed E-state index contributed by atoms with van der Waals surface area (Å²) >= 11 is 0. The lowest BCUT2D eigenvalue weighted by molar-refractivity contribution is -0.385. The summed E-state index contributed by atoms with van der Waals surface area (Å²) in [7, 11) is 0. The van der Waals surface area contributed by atoms with Crippen LogP contribution in [0.3, 0.4) is 0 Å². The molecule has 0 aliphatic heterocycles. The molecule has 2 rings (SSSR count). The van der Waals surface area contributed by atoms with Gasteiger partial charge in [-0.05, 0) is 19.1 Å².